The molecule has 13 heteroatoms. The number of hydrogen-bond donors (Lipinski definition) is 6. The van der Waals surface area contributed by atoms with Gasteiger partial charge in [0, 0.05) is 93.6 Å². The number of amides is 3. The number of nitrogens with zero attached hydrogens (tertiary/aromatic N) is 4. The Morgan fingerprint density at radius 2 is 1.08 bits per heavy atom. The van der Waals surface area contributed by atoms with Gasteiger partial charge in [-0.15, -0.1) is 0 Å². The van der Waals surface area contributed by atoms with Gasteiger partial charge in [0.1, 0.15) is 0 Å². The highest BCUT2D eigenvalue weighted by Crippen LogP contribution is 2.32. The van der Waals surface area contributed by atoms with Gasteiger partial charge < -0.3 is 20.9 Å². The number of benzene rings is 2. The summed E-state index contributed by atoms with van der Waals surface area (Å²) in [4.78, 5) is 38.9. The smallest absolute Gasteiger partial charge is 0.246 e. The molecule has 0 unspecified atom stereocenters. The van der Waals surface area contributed by atoms with E-state index in [1.807, 2.05) is 0 Å². The second-order valence-electron chi connectivity index (χ2n) is 16.0. The number of para-hydroxylation sites is 1. The van der Waals surface area contributed by atoms with Crippen molar-refractivity contribution in [2.75, 3.05) is 44.2 Å². The average molecular weight is 844 g/mol. The van der Waals surface area contributed by atoms with E-state index in [1.54, 1.807) is 6.92 Å². The second kappa shape index (κ2) is 28.4. The first-order chi connectivity index (χ1) is 29.3. The zero-order valence-electron chi connectivity index (χ0n) is 36.8. The molecule has 336 valence electrons. The fraction of sp³-hybridized carbons (Fsp3) is 0.521. The molecule has 0 aromatic heterocycles. The van der Waals surface area contributed by atoms with E-state index in [2.05, 4.69) is 95.7 Å². The zero-order valence-corrected chi connectivity index (χ0v) is 36.8. The molecule has 6 N–H and O–H groups in total. The number of aryl methyl sites for hydroxylation is 2. The Balaban J connectivity index is 1.15. The lowest BCUT2D eigenvalue weighted by Gasteiger charge is -2.32. The van der Waals surface area contributed by atoms with Crippen LogP contribution < -0.4 is 20.9 Å². The highest BCUT2D eigenvalue weighted by atomic mass is 16.5. The van der Waals surface area contributed by atoms with Crippen LogP contribution >= 0.6 is 0 Å². The lowest BCUT2D eigenvalue weighted by Crippen LogP contribution is -2.31. The fourth-order valence-corrected chi connectivity index (χ4v) is 7.06. The molecular formula is C48H73N7O6. The zero-order chi connectivity index (χ0) is 44.4. The van der Waals surface area contributed by atoms with Gasteiger partial charge in [0.2, 0.25) is 17.7 Å². The topological polar surface area (TPSA) is 161 Å². The number of unbranched alkanes of at least 4 members (excludes halogenated alkanes) is 6. The van der Waals surface area contributed by atoms with Gasteiger partial charge in [0.05, 0.1) is 0 Å². The lowest BCUT2D eigenvalue weighted by atomic mass is 9.95. The normalized spacial score (nSPS) is 11.9. The summed E-state index contributed by atoms with van der Waals surface area (Å²) in [6, 6.07) is 17.3. The molecule has 1 heterocycles. The van der Waals surface area contributed by atoms with Crippen LogP contribution in [-0.2, 0) is 33.8 Å². The van der Waals surface area contributed by atoms with Gasteiger partial charge in [-0.25, -0.2) is 5.06 Å². The number of allylic oxidation sites excluding steroid dienone is 4. The number of hydrogen-bond acceptors (Lipinski definition) is 10. The van der Waals surface area contributed by atoms with Crippen molar-refractivity contribution < 1.29 is 30.0 Å². The molecule has 13 nitrogen and oxygen atoms in total. The molecule has 0 bridgehead atoms. The summed E-state index contributed by atoms with van der Waals surface area (Å²) in [6.45, 7) is 21.7. The van der Waals surface area contributed by atoms with Gasteiger partial charge in [-0.1, -0.05) is 68.8 Å². The van der Waals surface area contributed by atoms with Crippen molar-refractivity contribution in [2.45, 2.75) is 123 Å². The third kappa shape index (κ3) is 19.9. The van der Waals surface area contributed by atoms with E-state index in [-0.39, 0.29) is 37.6 Å². The second-order valence-corrected chi connectivity index (χ2v) is 16.0. The van der Waals surface area contributed by atoms with E-state index in [9.17, 15) is 30.0 Å². The maximum absolute atomic E-state index is 12.3. The number of fused-ring (bicyclic) bond motifs is 2. The Labute approximate surface area is 364 Å². The first-order valence-electron chi connectivity index (χ1n) is 22.2. The molecular weight excluding hydrogens is 771 g/mol. The van der Waals surface area contributed by atoms with Gasteiger partial charge in [0.15, 0.2) is 0 Å². The number of rotatable bonds is 31. The van der Waals surface area contributed by atoms with Crippen LogP contribution in [-0.4, -0.2) is 87.8 Å². The molecule has 0 aliphatic carbocycles. The van der Waals surface area contributed by atoms with E-state index < -0.39 is 5.91 Å². The van der Waals surface area contributed by atoms with Crippen molar-refractivity contribution >= 4 is 23.4 Å². The maximum atomic E-state index is 12.3. The third-order valence-corrected chi connectivity index (χ3v) is 10.9. The van der Waals surface area contributed by atoms with E-state index in [0.29, 0.717) is 68.3 Å². The van der Waals surface area contributed by atoms with Crippen molar-refractivity contribution in [3.63, 3.8) is 0 Å². The fourth-order valence-electron chi connectivity index (χ4n) is 7.06. The van der Waals surface area contributed by atoms with Gasteiger partial charge in [-0.05, 0) is 120 Å². The highest BCUT2D eigenvalue weighted by Gasteiger charge is 2.19. The molecule has 1 aliphatic rings. The van der Waals surface area contributed by atoms with Crippen LogP contribution in [0.15, 0.2) is 97.6 Å². The molecule has 0 spiro atoms. The molecule has 0 fully saturated rings. The summed E-state index contributed by atoms with van der Waals surface area (Å²) in [6.07, 6.45) is 11.1. The van der Waals surface area contributed by atoms with E-state index >= 15 is 0 Å². The summed E-state index contributed by atoms with van der Waals surface area (Å²) < 4.78 is 0. The van der Waals surface area contributed by atoms with E-state index in [1.165, 1.54) is 22.4 Å². The molecule has 61 heavy (non-hydrogen) atoms. The molecule has 0 saturated heterocycles. The van der Waals surface area contributed by atoms with Gasteiger partial charge in [-0.3, -0.25) is 40.1 Å². The Morgan fingerprint density at radius 1 is 0.574 bits per heavy atom. The first kappa shape index (κ1) is 50.2. The van der Waals surface area contributed by atoms with Crippen LogP contribution in [0.5, 0.6) is 0 Å². The number of nitrogens with one attached hydrogen (secondary N) is 3. The lowest BCUT2D eigenvalue weighted by molar-refractivity contribution is -0.166. The molecule has 2 aromatic rings. The molecule has 0 radical (unpaired) electrons. The largest absolute Gasteiger partial charge is 0.389 e. The summed E-state index contributed by atoms with van der Waals surface area (Å²) in [5.41, 5.74) is 8.50. The summed E-state index contributed by atoms with van der Waals surface area (Å²) in [5, 5.41) is 42.1. The van der Waals surface area contributed by atoms with Crippen LogP contribution in [0, 0.1) is 0 Å². The number of hydroxylamine groups is 6. The van der Waals surface area contributed by atoms with Gasteiger partial charge >= 0.3 is 0 Å². The minimum atomic E-state index is -0.505. The Kier molecular flexibility index (Phi) is 23.4. The standard InChI is InChI=1S/C48H73N7O6/c1-38(2)53(59)34-16-7-14-33-51-47(57)29-30-48(58)55(61)36-18-8-15-32-50-46(56)28-25-41(5)54(60)35-17-6-13-31-49-39(3)23-24-40(4)52-37-44-21-10-9-19-42(44)26-27-43-20-11-12-22-45(43)52/h9-12,19-22,49,59-61H,1,3-8,13-18,23-37H2,2H3,(H,50,56)(H,51,57). The molecule has 3 amide bonds. The minimum absolute atomic E-state index is 0.00220. The van der Waals surface area contributed by atoms with Crippen molar-refractivity contribution in [3.8, 4) is 0 Å². The van der Waals surface area contributed by atoms with Crippen molar-refractivity contribution in [1.29, 1.82) is 0 Å². The summed E-state index contributed by atoms with van der Waals surface area (Å²) >= 11 is 0. The van der Waals surface area contributed by atoms with E-state index in [4.69, 9.17) is 0 Å². The number of anilines is 1. The third-order valence-electron chi connectivity index (χ3n) is 10.9. The quantitative estimate of drug-likeness (QED) is 0.0249. The molecule has 1 aliphatic heterocycles. The monoisotopic (exact) mass is 844 g/mol. The van der Waals surface area contributed by atoms with Gasteiger partial charge in [-0.2, -0.15) is 0 Å². The van der Waals surface area contributed by atoms with Crippen LogP contribution in [0.3, 0.4) is 0 Å². The predicted molar refractivity (Wildman–Crippen MR) is 242 cm³/mol. The Hall–Kier alpha value is -5.11. The van der Waals surface area contributed by atoms with Crippen molar-refractivity contribution in [3.05, 3.63) is 114 Å². The Morgan fingerprint density at radius 3 is 1.70 bits per heavy atom. The van der Waals surface area contributed by atoms with Gasteiger partial charge in [0.25, 0.3) is 0 Å². The molecule has 2 aromatic carbocycles. The molecule has 3 rings (SSSR count). The number of carbonyl (C=O) groups is 3. The summed E-state index contributed by atoms with van der Waals surface area (Å²) in [5.74, 6) is -0.875. The minimum Gasteiger partial charge on any atom is -0.389 e. The summed E-state index contributed by atoms with van der Waals surface area (Å²) in [7, 11) is 0. The molecule has 0 atom stereocenters. The Bertz CT molecular complexity index is 1730. The van der Waals surface area contributed by atoms with Crippen LogP contribution in [0.25, 0.3) is 0 Å². The predicted octanol–water partition coefficient (Wildman–Crippen LogP) is 8.14. The average Bonchev–Trinajstić information content (AvgIpc) is 3.24. The maximum Gasteiger partial charge on any atom is 0.246 e. The number of carbonyl (C=O) groups excluding carboxylic acids is 3. The SMILES string of the molecule is C=C(CCC(=C)N1Cc2ccccc2CCc2ccccc21)NCCCCCN(O)C(=C)CCC(=O)NCCCCCN(O)C(=O)CCC(=O)NCCCCCN(O)C(=C)C. The molecule has 0 saturated carbocycles. The van der Waals surface area contributed by atoms with Crippen molar-refractivity contribution in [1.82, 2.24) is 31.1 Å². The van der Waals surface area contributed by atoms with E-state index in [0.717, 1.165) is 98.8 Å². The first-order valence-corrected chi connectivity index (χ1v) is 22.2. The highest BCUT2D eigenvalue weighted by molar-refractivity contribution is 5.83. The van der Waals surface area contributed by atoms with Crippen LogP contribution in [0.1, 0.15) is 120 Å². The van der Waals surface area contributed by atoms with Crippen LogP contribution in [0.2, 0.25) is 0 Å². The van der Waals surface area contributed by atoms with Crippen molar-refractivity contribution in [2.24, 2.45) is 0 Å². The van der Waals surface area contributed by atoms with Crippen LogP contribution in [0.4, 0.5) is 5.69 Å².